The van der Waals surface area contributed by atoms with E-state index in [1.165, 1.54) is 24.0 Å². The topological polar surface area (TPSA) is 53.2 Å². The first-order chi connectivity index (χ1) is 12.6. The van der Waals surface area contributed by atoms with Gasteiger partial charge in [-0.25, -0.2) is 4.79 Å². The Kier molecular flexibility index (Phi) is 6.53. The molecule has 1 aliphatic rings. The van der Waals surface area contributed by atoms with Crippen LogP contribution in [0, 0.1) is 0 Å². The summed E-state index contributed by atoms with van der Waals surface area (Å²) in [6.07, 6.45) is 4.55. The maximum absolute atomic E-state index is 12.0. The molecule has 0 aliphatic heterocycles. The second kappa shape index (κ2) is 9.06. The highest BCUT2D eigenvalue weighted by atomic mass is 35.5. The summed E-state index contributed by atoms with van der Waals surface area (Å²) in [4.78, 5) is 12.0. The summed E-state index contributed by atoms with van der Waals surface area (Å²) in [5.41, 5.74) is 4.70. The number of carbonyl (C=O) groups is 1. The number of fused-ring (bicyclic) bond motifs is 1. The van der Waals surface area contributed by atoms with Gasteiger partial charge in [0, 0.05) is 23.3 Å². The highest BCUT2D eigenvalue weighted by Gasteiger charge is 2.18. The summed E-state index contributed by atoms with van der Waals surface area (Å²) in [6.45, 7) is 3.81. The van der Waals surface area contributed by atoms with Crippen molar-refractivity contribution in [2.75, 3.05) is 11.9 Å². The first-order valence-corrected chi connectivity index (χ1v) is 9.66. The highest BCUT2D eigenvalue weighted by Crippen LogP contribution is 2.23. The molecule has 2 aromatic rings. The van der Waals surface area contributed by atoms with E-state index < -0.39 is 0 Å². The Labute approximate surface area is 160 Å². The quantitative estimate of drug-likeness (QED) is 0.699. The Morgan fingerprint density at radius 1 is 1.15 bits per heavy atom. The van der Waals surface area contributed by atoms with Crippen LogP contribution in [0.25, 0.3) is 0 Å². The Bertz CT molecular complexity index is 745. The number of carbonyl (C=O) groups excluding carboxylic acids is 1. The normalized spacial score (nSPS) is 16.0. The van der Waals surface area contributed by atoms with Gasteiger partial charge in [0.25, 0.3) is 0 Å². The molecule has 0 fully saturated rings. The third kappa shape index (κ3) is 5.23. The Hall–Kier alpha value is -2.04. The summed E-state index contributed by atoms with van der Waals surface area (Å²) in [6, 6.07) is 14.0. The van der Waals surface area contributed by atoms with Crippen molar-refractivity contribution in [1.82, 2.24) is 10.6 Å². The Morgan fingerprint density at radius 3 is 2.73 bits per heavy atom. The van der Waals surface area contributed by atoms with E-state index in [0.717, 1.165) is 30.6 Å². The van der Waals surface area contributed by atoms with Crippen LogP contribution in [0.15, 0.2) is 42.5 Å². The largest absolute Gasteiger partial charge is 0.334 e. The molecule has 138 valence electrons. The monoisotopic (exact) mass is 371 g/mol. The lowest BCUT2D eigenvalue weighted by Crippen LogP contribution is -2.35. The summed E-state index contributed by atoms with van der Waals surface area (Å²) < 4.78 is 0. The first-order valence-electron chi connectivity index (χ1n) is 9.28. The fraction of sp³-hybridized carbons (Fsp3) is 0.381. The Balaban J connectivity index is 1.51. The maximum atomic E-state index is 12.0. The minimum Gasteiger partial charge on any atom is -0.334 e. The molecule has 0 spiro atoms. The number of hydrogen-bond donors (Lipinski definition) is 3. The van der Waals surface area contributed by atoms with E-state index in [2.05, 4.69) is 41.1 Å². The Morgan fingerprint density at radius 2 is 1.96 bits per heavy atom. The van der Waals surface area contributed by atoms with Crippen LogP contribution in [0.3, 0.4) is 0 Å². The van der Waals surface area contributed by atoms with Crippen molar-refractivity contribution in [3.8, 4) is 0 Å². The number of benzene rings is 2. The van der Waals surface area contributed by atoms with Gasteiger partial charge in [-0.2, -0.15) is 0 Å². The fourth-order valence-electron chi connectivity index (χ4n) is 3.33. The predicted octanol–water partition coefficient (Wildman–Crippen LogP) is 4.52. The molecule has 0 aromatic heterocycles. The van der Waals surface area contributed by atoms with Gasteiger partial charge in [0.1, 0.15) is 0 Å². The molecule has 3 rings (SSSR count). The zero-order chi connectivity index (χ0) is 18.4. The lowest BCUT2D eigenvalue weighted by molar-refractivity contribution is 0.251. The molecule has 0 radical (unpaired) electrons. The number of rotatable bonds is 6. The van der Waals surface area contributed by atoms with E-state index in [9.17, 15) is 4.79 Å². The number of halogens is 1. The molecule has 0 bridgehead atoms. The van der Waals surface area contributed by atoms with Crippen LogP contribution in [-0.2, 0) is 19.4 Å². The minimum absolute atomic E-state index is 0.214. The second-order valence-electron chi connectivity index (χ2n) is 6.81. The van der Waals surface area contributed by atoms with Gasteiger partial charge in [-0.1, -0.05) is 36.7 Å². The van der Waals surface area contributed by atoms with E-state index in [1.807, 2.05) is 0 Å². The van der Waals surface area contributed by atoms with Crippen molar-refractivity contribution >= 4 is 23.3 Å². The maximum Gasteiger partial charge on any atom is 0.319 e. The van der Waals surface area contributed by atoms with Crippen molar-refractivity contribution in [1.29, 1.82) is 0 Å². The van der Waals surface area contributed by atoms with Crippen molar-refractivity contribution in [3.63, 3.8) is 0 Å². The number of urea groups is 1. The summed E-state index contributed by atoms with van der Waals surface area (Å²) >= 11 is 5.85. The molecule has 0 heterocycles. The average molecular weight is 372 g/mol. The molecule has 3 N–H and O–H groups in total. The summed E-state index contributed by atoms with van der Waals surface area (Å²) in [5.74, 6) is 0. The molecule has 0 saturated heterocycles. The zero-order valence-corrected chi connectivity index (χ0v) is 15.9. The van der Waals surface area contributed by atoms with Gasteiger partial charge in [0.2, 0.25) is 0 Å². The van der Waals surface area contributed by atoms with Gasteiger partial charge in [0.15, 0.2) is 0 Å². The molecular weight excluding hydrogens is 346 g/mol. The van der Waals surface area contributed by atoms with E-state index in [4.69, 9.17) is 11.6 Å². The molecule has 1 aliphatic carbocycles. The molecule has 4 nitrogen and oxygen atoms in total. The van der Waals surface area contributed by atoms with Gasteiger partial charge in [-0.3, -0.25) is 0 Å². The van der Waals surface area contributed by atoms with Crippen molar-refractivity contribution in [2.45, 2.75) is 45.2 Å². The zero-order valence-electron chi connectivity index (χ0n) is 15.1. The molecule has 2 amide bonds. The standard InChI is InChI=1S/C21H26ClN3O/c1-2-11-23-20-8-5-16-12-15(3-4-17(16)13-20)14-24-21(26)25-19-9-6-18(22)7-10-19/h3-4,6-7,9-10,12,20,23H,2,5,8,11,13-14H2,1H3,(H2,24,25,26). The fourth-order valence-corrected chi connectivity index (χ4v) is 3.46. The number of aryl methyl sites for hydroxylation is 1. The van der Waals surface area contributed by atoms with Crippen LogP contribution in [-0.4, -0.2) is 18.6 Å². The van der Waals surface area contributed by atoms with Gasteiger partial charge < -0.3 is 16.0 Å². The highest BCUT2D eigenvalue weighted by molar-refractivity contribution is 6.30. The number of anilines is 1. The lowest BCUT2D eigenvalue weighted by Gasteiger charge is -2.26. The van der Waals surface area contributed by atoms with Crippen LogP contribution in [0.2, 0.25) is 5.02 Å². The molecule has 0 saturated carbocycles. The van der Waals surface area contributed by atoms with Crippen molar-refractivity contribution < 1.29 is 4.79 Å². The summed E-state index contributed by atoms with van der Waals surface area (Å²) in [5, 5.41) is 9.99. The number of nitrogens with one attached hydrogen (secondary N) is 3. The van der Waals surface area contributed by atoms with Gasteiger partial charge in [-0.05, 0) is 73.2 Å². The summed E-state index contributed by atoms with van der Waals surface area (Å²) in [7, 11) is 0. The SMILES string of the molecule is CCCNC1CCc2cc(CNC(=O)Nc3ccc(Cl)cc3)ccc2C1. The number of hydrogen-bond acceptors (Lipinski definition) is 2. The van der Waals surface area contributed by atoms with Gasteiger partial charge in [-0.15, -0.1) is 0 Å². The van der Waals surface area contributed by atoms with Crippen LogP contribution >= 0.6 is 11.6 Å². The van der Waals surface area contributed by atoms with E-state index in [0.29, 0.717) is 17.6 Å². The molecule has 1 atom stereocenters. The molecule has 1 unspecified atom stereocenters. The lowest BCUT2D eigenvalue weighted by atomic mass is 9.87. The minimum atomic E-state index is -0.214. The van der Waals surface area contributed by atoms with Gasteiger partial charge >= 0.3 is 6.03 Å². The third-order valence-electron chi connectivity index (χ3n) is 4.74. The molecular formula is C21H26ClN3O. The van der Waals surface area contributed by atoms with Crippen LogP contribution in [0.5, 0.6) is 0 Å². The first kappa shape index (κ1) is 18.7. The van der Waals surface area contributed by atoms with Crippen molar-refractivity contribution in [3.05, 3.63) is 64.2 Å². The van der Waals surface area contributed by atoms with E-state index in [1.54, 1.807) is 24.3 Å². The van der Waals surface area contributed by atoms with Crippen LogP contribution in [0.1, 0.15) is 36.5 Å². The molecule has 2 aromatic carbocycles. The average Bonchev–Trinajstić information content (AvgIpc) is 2.66. The second-order valence-corrected chi connectivity index (χ2v) is 7.25. The smallest absolute Gasteiger partial charge is 0.319 e. The van der Waals surface area contributed by atoms with Crippen molar-refractivity contribution in [2.24, 2.45) is 0 Å². The molecule has 5 heteroatoms. The van der Waals surface area contributed by atoms with Crippen LogP contribution in [0.4, 0.5) is 10.5 Å². The van der Waals surface area contributed by atoms with E-state index >= 15 is 0 Å². The van der Waals surface area contributed by atoms with Gasteiger partial charge in [0.05, 0.1) is 0 Å². The predicted molar refractivity (Wildman–Crippen MR) is 108 cm³/mol. The van der Waals surface area contributed by atoms with Crippen LogP contribution < -0.4 is 16.0 Å². The number of amides is 2. The molecule has 26 heavy (non-hydrogen) atoms. The third-order valence-corrected chi connectivity index (χ3v) is 4.99. The van der Waals surface area contributed by atoms with E-state index in [-0.39, 0.29) is 6.03 Å².